The molecule has 1 fully saturated rings. The fourth-order valence-electron chi connectivity index (χ4n) is 1.52. The number of carboxylic acids is 1. The minimum absolute atomic E-state index is 0.0420. The Kier molecular flexibility index (Phi) is 2.98. The summed E-state index contributed by atoms with van der Waals surface area (Å²) >= 11 is 5.62. The Morgan fingerprint density at radius 3 is 2.56 bits per heavy atom. The first kappa shape index (κ1) is 12.8. The molecular weight excluding hydrogens is 268 g/mol. The van der Waals surface area contributed by atoms with Crippen molar-refractivity contribution in [3.63, 3.8) is 0 Å². The lowest BCUT2D eigenvalue weighted by molar-refractivity contribution is -0.119. The van der Waals surface area contributed by atoms with Crippen molar-refractivity contribution in [1.29, 1.82) is 0 Å². The normalized spacial score (nSPS) is 20.3. The second kappa shape index (κ2) is 4.20. The van der Waals surface area contributed by atoms with E-state index in [4.69, 9.17) is 16.7 Å². The van der Waals surface area contributed by atoms with Gasteiger partial charge >= 0.3 is 5.97 Å². The molecule has 0 unspecified atom stereocenters. The van der Waals surface area contributed by atoms with Gasteiger partial charge in [-0.15, -0.1) is 0 Å². The molecule has 7 heteroatoms. The molecule has 1 amide bonds. The number of hydrogen-bond donors (Lipinski definition) is 2. The summed E-state index contributed by atoms with van der Waals surface area (Å²) in [6.45, 7) is 0. The number of carbonyl (C=O) groups is 2. The third kappa shape index (κ3) is 2.43. The number of hydrogen-bond acceptors (Lipinski definition) is 2. The Balaban J connectivity index is 2.19. The lowest BCUT2D eigenvalue weighted by Gasteiger charge is -2.08. The summed E-state index contributed by atoms with van der Waals surface area (Å²) < 4.78 is 25.3. The number of aromatic carboxylic acids is 1. The largest absolute Gasteiger partial charge is 0.478 e. The summed E-state index contributed by atoms with van der Waals surface area (Å²) in [7, 11) is 0. The number of alkyl halides is 2. The number of anilines is 1. The maximum Gasteiger partial charge on any atom is 0.337 e. The highest BCUT2D eigenvalue weighted by Crippen LogP contribution is 2.49. The van der Waals surface area contributed by atoms with Crippen LogP contribution in [0.5, 0.6) is 0 Å². The molecule has 2 N–H and O–H groups in total. The van der Waals surface area contributed by atoms with Crippen molar-refractivity contribution >= 4 is 29.2 Å². The molecule has 4 nitrogen and oxygen atoms in total. The summed E-state index contributed by atoms with van der Waals surface area (Å²) in [6, 6.07) is 3.78. The fourth-order valence-corrected chi connectivity index (χ4v) is 1.69. The molecule has 0 aliphatic heterocycles. The standard InChI is InChI=1S/C11H8ClF2NO3/c12-5-1-2-8(6(3-5)10(17)18)15-9(16)7-4-11(7,13)14/h1-3,7H,4H2,(H,15,16)(H,17,18)/t7-/m1/s1. The second-order valence-corrected chi connectivity index (χ2v) is 4.44. The molecule has 0 radical (unpaired) electrons. The van der Waals surface area contributed by atoms with Crippen LogP contribution in [0.15, 0.2) is 18.2 Å². The number of nitrogens with one attached hydrogen (secondary N) is 1. The molecule has 0 aromatic heterocycles. The average Bonchev–Trinajstić information content (AvgIpc) is 2.90. The number of rotatable bonds is 3. The van der Waals surface area contributed by atoms with Gasteiger partial charge in [0, 0.05) is 11.4 Å². The van der Waals surface area contributed by atoms with Crippen LogP contribution in [-0.2, 0) is 4.79 Å². The van der Waals surface area contributed by atoms with E-state index in [0.29, 0.717) is 0 Å². The highest BCUT2D eigenvalue weighted by molar-refractivity contribution is 6.31. The third-order valence-corrected chi connectivity index (χ3v) is 2.85. The molecule has 1 aliphatic rings. The molecule has 1 saturated carbocycles. The Bertz CT molecular complexity index is 533. The fraction of sp³-hybridized carbons (Fsp3) is 0.273. The van der Waals surface area contributed by atoms with E-state index in [1.807, 2.05) is 0 Å². The molecule has 96 valence electrons. The summed E-state index contributed by atoms with van der Waals surface area (Å²) in [6.07, 6.45) is -0.505. The van der Waals surface area contributed by atoms with Gasteiger partial charge in [0.2, 0.25) is 5.91 Å². The van der Waals surface area contributed by atoms with Gasteiger partial charge in [0.1, 0.15) is 5.92 Å². The molecular formula is C11H8ClF2NO3. The van der Waals surface area contributed by atoms with Crippen molar-refractivity contribution in [2.75, 3.05) is 5.32 Å². The van der Waals surface area contributed by atoms with Gasteiger partial charge in [-0.25, -0.2) is 13.6 Å². The average molecular weight is 276 g/mol. The van der Waals surface area contributed by atoms with E-state index in [2.05, 4.69) is 5.32 Å². The molecule has 0 saturated heterocycles. The van der Waals surface area contributed by atoms with Gasteiger partial charge < -0.3 is 10.4 Å². The van der Waals surface area contributed by atoms with E-state index in [1.165, 1.54) is 12.1 Å². The monoisotopic (exact) mass is 275 g/mol. The van der Waals surface area contributed by atoms with Gasteiger partial charge in [0.05, 0.1) is 11.3 Å². The predicted octanol–water partition coefficient (Wildman–Crippen LogP) is 2.63. The quantitative estimate of drug-likeness (QED) is 0.891. The molecule has 0 bridgehead atoms. The molecule has 0 heterocycles. The topological polar surface area (TPSA) is 66.4 Å². The van der Waals surface area contributed by atoms with Crippen molar-refractivity contribution in [3.05, 3.63) is 28.8 Å². The Hall–Kier alpha value is -1.69. The number of amides is 1. The highest BCUT2D eigenvalue weighted by atomic mass is 35.5. The van der Waals surface area contributed by atoms with Gasteiger partial charge in [-0.1, -0.05) is 11.6 Å². The van der Waals surface area contributed by atoms with Gasteiger partial charge in [-0.2, -0.15) is 0 Å². The third-order valence-electron chi connectivity index (χ3n) is 2.61. The smallest absolute Gasteiger partial charge is 0.337 e. The van der Waals surface area contributed by atoms with Crippen molar-refractivity contribution in [2.24, 2.45) is 5.92 Å². The zero-order valence-corrected chi connectivity index (χ0v) is 9.67. The van der Waals surface area contributed by atoms with Gasteiger partial charge in [-0.3, -0.25) is 4.79 Å². The number of carbonyl (C=O) groups excluding carboxylic acids is 1. The predicted molar refractivity (Wildman–Crippen MR) is 60.1 cm³/mol. The zero-order chi connectivity index (χ0) is 13.5. The first-order chi connectivity index (χ1) is 8.31. The van der Waals surface area contributed by atoms with Crippen LogP contribution in [0.1, 0.15) is 16.8 Å². The summed E-state index contributed by atoms with van der Waals surface area (Å²) in [4.78, 5) is 22.3. The van der Waals surface area contributed by atoms with E-state index in [1.54, 1.807) is 0 Å². The van der Waals surface area contributed by atoms with E-state index in [9.17, 15) is 18.4 Å². The molecule has 1 atom stereocenters. The SMILES string of the molecule is O=C(O)c1cc(Cl)ccc1NC(=O)[C@H]1CC1(F)F. The highest BCUT2D eigenvalue weighted by Gasteiger charge is 2.61. The Morgan fingerprint density at radius 1 is 1.44 bits per heavy atom. The van der Waals surface area contributed by atoms with Gasteiger partial charge in [-0.05, 0) is 18.2 Å². The van der Waals surface area contributed by atoms with Crippen LogP contribution in [0.25, 0.3) is 0 Å². The van der Waals surface area contributed by atoms with E-state index in [-0.39, 0.29) is 16.3 Å². The Morgan fingerprint density at radius 2 is 2.06 bits per heavy atom. The summed E-state index contributed by atoms with van der Waals surface area (Å²) in [5, 5.41) is 11.3. The molecule has 18 heavy (non-hydrogen) atoms. The number of carboxylic acid groups (broad SMARTS) is 1. The first-order valence-electron chi connectivity index (χ1n) is 5.03. The van der Waals surface area contributed by atoms with E-state index >= 15 is 0 Å². The summed E-state index contributed by atoms with van der Waals surface area (Å²) in [5.41, 5.74) is -0.278. The number of benzene rings is 1. The molecule has 1 aliphatic carbocycles. The van der Waals surface area contributed by atoms with Crippen LogP contribution in [0.3, 0.4) is 0 Å². The van der Waals surface area contributed by atoms with Gasteiger partial charge in [0.25, 0.3) is 5.92 Å². The number of halogens is 3. The molecule has 1 aromatic carbocycles. The van der Waals surface area contributed by atoms with Crippen LogP contribution in [0, 0.1) is 5.92 Å². The minimum atomic E-state index is -2.99. The van der Waals surface area contributed by atoms with Crippen LogP contribution in [0.2, 0.25) is 5.02 Å². The van der Waals surface area contributed by atoms with Crippen molar-refractivity contribution in [2.45, 2.75) is 12.3 Å². The van der Waals surface area contributed by atoms with Gasteiger partial charge in [0.15, 0.2) is 0 Å². The van der Waals surface area contributed by atoms with Crippen molar-refractivity contribution < 1.29 is 23.5 Å². The maximum atomic E-state index is 12.7. The summed E-state index contributed by atoms with van der Waals surface area (Å²) in [5.74, 6) is -6.55. The second-order valence-electron chi connectivity index (χ2n) is 4.00. The molecule has 0 spiro atoms. The minimum Gasteiger partial charge on any atom is -0.478 e. The van der Waals surface area contributed by atoms with Crippen molar-refractivity contribution in [3.8, 4) is 0 Å². The van der Waals surface area contributed by atoms with E-state index < -0.39 is 30.1 Å². The van der Waals surface area contributed by atoms with Crippen molar-refractivity contribution in [1.82, 2.24) is 0 Å². The van der Waals surface area contributed by atoms with Crippen LogP contribution < -0.4 is 5.32 Å². The molecule has 1 aromatic rings. The zero-order valence-electron chi connectivity index (χ0n) is 8.91. The maximum absolute atomic E-state index is 12.7. The van der Waals surface area contributed by atoms with E-state index in [0.717, 1.165) is 6.07 Å². The Labute approximate surface area is 106 Å². The van der Waals surface area contributed by atoms with Crippen LogP contribution in [-0.4, -0.2) is 22.9 Å². The lowest BCUT2D eigenvalue weighted by atomic mass is 10.1. The molecule has 2 rings (SSSR count). The van der Waals surface area contributed by atoms with Crippen LogP contribution in [0.4, 0.5) is 14.5 Å². The first-order valence-corrected chi connectivity index (χ1v) is 5.40. The van der Waals surface area contributed by atoms with Crippen LogP contribution >= 0.6 is 11.6 Å². The lowest BCUT2D eigenvalue weighted by Crippen LogP contribution is -2.19.